The summed E-state index contributed by atoms with van der Waals surface area (Å²) in [5.41, 5.74) is 2.09. The van der Waals surface area contributed by atoms with Gasteiger partial charge in [0.25, 0.3) is 0 Å². The van der Waals surface area contributed by atoms with Crippen molar-refractivity contribution < 1.29 is 17.9 Å². The van der Waals surface area contributed by atoms with E-state index in [1.54, 1.807) is 67.8 Å². The molecule has 0 aliphatic carbocycles. The molecule has 0 saturated carbocycles. The maximum Gasteiger partial charge on any atom is 0.243 e. The van der Waals surface area contributed by atoms with Gasteiger partial charge in [0, 0.05) is 17.3 Å². The number of methoxy groups -OCH3 is 1. The predicted octanol–water partition coefficient (Wildman–Crippen LogP) is 4.49. The third kappa shape index (κ3) is 5.85. The average Bonchev–Trinajstić information content (AvgIpc) is 2.75. The molecular formula is C23H23ClN2O4S. The van der Waals surface area contributed by atoms with Gasteiger partial charge < -0.3 is 10.1 Å². The zero-order valence-corrected chi connectivity index (χ0v) is 18.8. The number of carbonyl (C=O) groups is 1. The maximum absolute atomic E-state index is 13.3. The van der Waals surface area contributed by atoms with Gasteiger partial charge in [0.05, 0.1) is 18.6 Å². The number of benzene rings is 3. The minimum atomic E-state index is -3.94. The first-order valence-corrected chi connectivity index (χ1v) is 11.4. The predicted molar refractivity (Wildman–Crippen MR) is 122 cm³/mol. The molecule has 3 aromatic rings. The number of hydrogen-bond acceptors (Lipinski definition) is 4. The van der Waals surface area contributed by atoms with Gasteiger partial charge >= 0.3 is 0 Å². The molecule has 3 aromatic carbocycles. The van der Waals surface area contributed by atoms with Gasteiger partial charge in [0.2, 0.25) is 15.9 Å². The van der Waals surface area contributed by atoms with E-state index >= 15 is 0 Å². The highest BCUT2D eigenvalue weighted by Crippen LogP contribution is 2.23. The number of nitrogens with one attached hydrogen (secondary N) is 1. The second-order valence-corrected chi connectivity index (χ2v) is 9.30. The Kier molecular flexibility index (Phi) is 7.33. The Morgan fingerprint density at radius 1 is 1.00 bits per heavy atom. The standard InChI is InChI=1S/C23H23ClN2O4S/c1-17-7-13-21(14-8-17)31(28,29)26(15-18-5-3-4-6-22(18)24)16-23(27)25-19-9-11-20(30-2)12-10-19/h3-14H,15-16H2,1-2H3,(H,25,27). The number of halogens is 1. The van der Waals surface area contributed by atoms with E-state index in [0.717, 1.165) is 9.87 Å². The van der Waals surface area contributed by atoms with Crippen LogP contribution in [0.3, 0.4) is 0 Å². The van der Waals surface area contributed by atoms with Crippen LogP contribution in [0.25, 0.3) is 0 Å². The van der Waals surface area contributed by atoms with Gasteiger partial charge in [-0.1, -0.05) is 47.5 Å². The quantitative estimate of drug-likeness (QED) is 0.539. The number of rotatable bonds is 8. The summed E-state index contributed by atoms with van der Waals surface area (Å²) >= 11 is 6.25. The van der Waals surface area contributed by atoms with E-state index in [2.05, 4.69) is 5.32 Å². The van der Waals surface area contributed by atoms with Crippen LogP contribution in [0.5, 0.6) is 5.75 Å². The van der Waals surface area contributed by atoms with Crippen LogP contribution >= 0.6 is 11.6 Å². The largest absolute Gasteiger partial charge is 0.497 e. The van der Waals surface area contributed by atoms with Crippen molar-refractivity contribution in [3.63, 3.8) is 0 Å². The van der Waals surface area contributed by atoms with Crippen LogP contribution in [-0.4, -0.2) is 32.3 Å². The molecule has 0 aliphatic heterocycles. The van der Waals surface area contributed by atoms with Gasteiger partial charge in [0.15, 0.2) is 0 Å². The molecular weight excluding hydrogens is 436 g/mol. The molecule has 31 heavy (non-hydrogen) atoms. The Balaban J connectivity index is 1.86. The molecule has 3 rings (SSSR count). The van der Waals surface area contributed by atoms with Crippen LogP contribution in [0.2, 0.25) is 5.02 Å². The number of nitrogens with zero attached hydrogens (tertiary/aromatic N) is 1. The normalized spacial score (nSPS) is 11.4. The van der Waals surface area contributed by atoms with E-state index in [1.165, 1.54) is 12.1 Å². The molecule has 0 fully saturated rings. The van der Waals surface area contributed by atoms with Gasteiger partial charge in [-0.25, -0.2) is 8.42 Å². The van der Waals surface area contributed by atoms with Crippen LogP contribution in [0.1, 0.15) is 11.1 Å². The lowest BCUT2D eigenvalue weighted by Gasteiger charge is -2.22. The van der Waals surface area contributed by atoms with Crippen molar-refractivity contribution in [1.29, 1.82) is 0 Å². The second-order valence-electron chi connectivity index (χ2n) is 6.95. The molecule has 8 heteroatoms. The van der Waals surface area contributed by atoms with E-state index in [-0.39, 0.29) is 18.0 Å². The Bertz CT molecular complexity index is 1150. The van der Waals surface area contributed by atoms with Crippen molar-refractivity contribution in [3.8, 4) is 5.75 Å². The monoisotopic (exact) mass is 458 g/mol. The highest BCUT2D eigenvalue weighted by atomic mass is 35.5. The Morgan fingerprint density at radius 2 is 1.65 bits per heavy atom. The number of carbonyl (C=O) groups excluding carboxylic acids is 1. The number of hydrogen-bond donors (Lipinski definition) is 1. The summed E-state index contributed by atoms with van der Waals surface area (Å²) in [6, 6.07) is 20.3. The summed E-state index contributed by atoms with van der Waals surface area (Å²) in [6.07, 6.45) is 0. The molecule has 0 spiro atoms. The summed E-state index contributed by atoms with van der Waals surface area (Å²) in [4.78, 5) is 12.8. The van der Waals surface area contributed by atoms with Crippen molar-refractivity contribution in [3.05, 3.63) is 88.9 Å². The fourth-order valence-electron chi connectivity index (χ4n) is 2.94. The minimum Gasteiger partial charge on any atom is -0.497 e. The summed E-state index contributed by atoms with van der Waals surface area (Å²) in [7, 11) is -2.39. The van der Waals surface area contributed by atoms with E-state index in [4.69, 9.17) is 16.3 Å². The molecule has 0 aliphatic rings. The fourth-order valence-corrected chi connectivity index (χ4v) is 4.51. The molecule has 0 radical (unpaired) electrons. The Morgan fingerprint density at radius 3 is 2.26 bits per heavy atom. The molecule has 1 N–H and O–H groups in total. The van der Waals surface area contributed by atoms with Gasteiger partial charge in [-0.15, -0.1) is 0 Å². The first-order chi connectivity index (χ1) is 14.8. The van der Waals surface area contributed by atoms with E-state index in [9.17, 15) is 13.2 Å². The molecule has 1 amide bonds. The SMILES string of the molecule is COc1ccc(NC(=O)CN(Cc2ccccc2Cl)S(=O)(=O)c2ccc(C)cc2)cc1. The average molecular weight is 459 g/mol. The number of sulfonamides is 1. The molecule has 0 aromatic heterocycles. The number of amides is 1. The fraction of sp³-hybridized carbons (Fsp3) is 0.174. The van der Waals surface area contributed by atoms with Gasteiger partial charge in [-0.05, 0) is 55.0 Å². The first-order valence-electron chi connectivity index (χ1n) is 9.54. The summed E-state index contributed by atoms with van der Waals surface area (Å²) in [6.45, 7) is 1.47. The minimum absolute atomic E-state index is 0.0358. The zero-order valence-electron chi connectivity index (χ0n) is 17.2. The molecule has 0 atom stereocenters. The van der Waals surface area contributed by atoms with Crippen molar-refractivity contribution in [2.24, 2.45) is 0 Å². The molecule has 0 bridgehead atoms. The smallest absolute Gasteiger partial charge is 0.243 e. The van der Waals surface area contributed by atoms with Crippen molar-refractivity contribution in [2.45, 2.75) is 18.4 Å². The Labute approximate surface area is 187 Å². The number of ether oxygens (including phenoxy) is 1. The van der Waals surface area contributed by atoms with Crippen molar-refractivity contribution in [1.82, 2.24) is 4.31 Å². The van der Waals surface area contributed by atoms with E-state index < -0.39 is 15.9 Å². The molecule has 0 heterocycles. The molecule has 0 saturated heterocycles. The summed E-state index contributed by atoms with van der Waals surface area (Å²) < 4.78 is 32.9. The van der Waals surface area contributed by atoms with Crippen molar-refractivity contribution >= 4 is 33.2 Å². The van der Waals surface area contributed by atoms with Gasteiger partial charge in [-0.3, -0.25) is 4.79 Å². The van der Waals surface area contributed by atoms with Crippen LogP contribution in [0, 0.1) is 6.92 Å². The van der Waals surface area contributed by atoms with Gasteiger partial charge in [0.1, 0.15) is 5.75 Å². The maximum atomic E-state index is 13.3. The van der Waals surface area contributed by atoms with E-state index in [0.29, 0.717) is 22.0 Å². The molecule has 162 valence electrons. The lowest BCUT2D eigenvalue weighted by Crippen LogP contribution is -2.37. The highest BCUT2D eigenvalue weighted by Gasteiger charge is 2.27. The lowest BCUT2D eigenvalue weighted by atomic mass is 10.2. The van der Waals surface area contributed by atoms with Crippen molar-refractivity contribution in [2.75, 3.05) is 19.0 Å². The van der Waals surface area contributed by atoms with Crippen LogP contribution < -0.4 is 10.1 Å². The first kappa shape index (κ1) is 22.8. The third-order valence-electron chi connectivity index (χ3n) is 4.66. The topological polar surface area (TPSA) is 75.7 Å². The molecule has 6 nitrogen and oxygen atoms in total. The summed E-state index contributed by atoms with van der Waals surface area (Å²) in [5.74, 6) is 0.188. The zero-order chi connectivity index (χ0) is 22.4. The molecule has 0 unspecified atom stereocenters. The highest BCUT2D eigenvalue weighted by molar-refractivity contribution is 7.89. The van der Waals surface area contributed by atoms with E-state index in [1.807, 2.05) is 6.92 Å². The van der Waals surface area contributed by atoms with Gasteiger partial charge in [-0.2, -0.15) is 4.31 Å². The lowest BCUT2D eigenvalue weighted by molar-refractivity contribution is -0.116. The summed E-state index contributed by atoms with van der Waals surface area (Å²) in [5, 5.41) is 3.16. The van der Waals surface area contributed by atoms with Crippen LogP contribution in [-0.2, 0) is 21.4 Å². The third-order valence-corrected chi connectivity index (χ3v) is 6.83. The van der Waals surface area contributed by atoms with Crippen LogP contribution in [0.4, 0.5) is 5.69 Å². The van der Waals surface area contributed by atoms with Crippen LogP contribution in [0.15, 0.2) is 77.7 Å². The second kappa shape index (κ2) is 9.96. The Hall–Kier alpha value is -2.87. The number of aryl methyl sites for hydroxylation is 1. The number of anilines is 1.